The Kier molecular flexibility index (Phi) is 7.57. The van der Waals surface area contributed by atoms with E-state index >= 15 is 0 Å². The molecule has 6 nitrogen and oxygen atoms in total. The highest BCUT2D eigenvalue weighted by Gasteiger charge is 2.29. The lowest BCUT2D eigenvalue weighted by atomic mass is 10.2. The Morgan fingerprint density at radius 2 is 1.57 bits per heavy atom. The van der Waals surface area contributed by atoms with Gasteiger partial charge in [0, 0.05) is 55.7 Å². The third-order valence-corrected chi connectivity index (χ3v) is 7.75. The number of hydrogen-bond donors (Lipinski definition) is 1. The van der Waals surface area contributed by atoms with Gasteiger partial charge in [-0.05, 0) is 74.6 Å². The predicted octanol–water partition coefficient (Wildman–Crippen LogP) is 3.89. The molecule has 1 aliphatic rings. The smallest absolute Gasteiger partial charge is 0.243 e. The number of piperazine rings is 1. The van der Waals surface area contributed by atoms with Crippen LogP contribution in [0.15, 0.2) is 53.4 Å². The number of halogens is 1. The van der Waals surface area contributed by atoms with Crippen LogP contribution in [0.25, 0.3) is 0 Å². The second-order valence-corrected chi connectivity index (χ2v) is 9.76. The van der Waals surface area contributed by atoms with Crippen molar-refractivity contribution in [2.24, 2.45) is 0 Å². The summed E-state index contributed by atoms with van der Waals surface area (Å²) in [6.07, 6.45) is 0. The molecule has 1 saturated heterocycles. The van der Waals surface area contributed by atoms with Crippen molar-refractivity contribution in [3.05, 3.63) is 53.6 Å². The van der Waals surface area contributed by atoms with Gasteiger partial charge in [0.25, 0.3) is 0 Å². The second kappa shape index (κ2) is 9.96. The summed E-state index contributed by atoms with van der Waals surface area (Å²) in [6, 6.07) is 14.5. The fraction of sp³-hybridized carbons (Fsp3) is 0.381. The van der Waals surface area contributed by atoms with Crippen LogP contribution in [0.5, 0.6) is 0 Å². The van der Waals surface area contributed by atoms with Gasteiger partial charge in [-0.15, -0.1) is 0 Å². The molecular formula is C21H27ClN4O2S2. The fourth-order valence-electron chi connectivity index (χ4n) is 3.43. The zero-order valence-corrected chi connectivity index (χ0v) is 19.6. The highest BCUT2D eigenvalue weighted by Crippen LogP contribution is 2.21. The van der Waals surface area contributed by atoms with E-state index in [4.69, 9.17) is 23.8 Å². The van der Waals surface area contributed by atoms with E-state index in [0.29, 0.717) is 36.3 Å². The lowest BCUT2D eigenvalue weighted by Crippen LogP contribution is -2.51. The highest BCUT2D eigenvalue weighted by molar-refractivity contribution is 7.89. The van der Waals surface area contributed by atoms with Gasteiger partial charge in [-0.1, -0.05) is 11.6 Å². The SMILES string of the molecule is CCN(CC)c1ccc(NC(=S)N2CCN(S(=O)(=O)c3ccc(Cl)cc3)CC2)cc1. The van der Waals surface area contributed by atoms with Crippen LogP contribution in [0.3, 0.4) is 0 Å². The zero-order chi connectivity index (χ0) is 21.7. The van der Waals surface area contributed by atoms with Gasteiger partial charge < -0.3 is 15.1 Å². The Labute approximate surface area is 189 Å². The zero-order valence-electron chi connectivity index (χ0n) is 17.2. The first-order valence-corrected chi connectivity index (χ1v) is 12.2. The van der Waals surface area contributed by atoms with Crippen molar-refractivity contribution in [3.8, 4) is 0 Å². The van der Waals surface area contributed by atoms with E-state index in [0.717, 1.165) is 18.8 Å². The van der Waals surface area contributed by atoms with Crippen LogP contribution in [0.2, 0.25) is 5.02 Å². The molecule has 0 aromatic heterocycles. The van der Waals surface area contributed by atoms with E-state index in [1.807, 2.05) is 17.0 Å². The van der Waals surface area contributed by atoms with Crippen molar-refractivity contribution in [1.82, 2.24) is 9.21 Å². The Balaban J connectivity index is 1.57. The van der Waals surface area contributed by atoms with Gasteiger partial charge >= 0.3 is 0 Å². The quantitative estimate of drug-likeness (QED) is 0.652. The molecule has 0 bridgehead atoms. The summed E-state index contributed by atoms with van der Waals surface area (Å²) in [7, 11) is -3.53. The van der Waals surface area contributed by atoms with Crippen molar-refractivity contribution in [1.29, 1.82) is 0 Å². The maximum atomic E-state index is 12.8. The molecule has 1 N–H and O–H groups in total. The number of benzene rings is 2. The number of rotatable bonds is 6. The topological polar surface area (TPSA) is 55.9 Å². The van der Waals surface area contributed by atoms with Crippen molar-refractivity contribution in [2.75, 3.05) is 49.5 Å². The van der Waals surface area contributed by atoms with E-state index in [2.05, 4.69) is 36.2 Å². The predicted molar refractivity (Wildman–Crippen MR) is 128 cm³/mol. The molecule has 0 radical (unpaired) electrons. The standard InChI is InChI=1S/C21H27ClN4O2S2/c1-3-24(4-2)19-9-7-18(8-10-19)23-21(29)25-13-15-26(16-14-25)30(27,28)20-11-5-17(22)6-12-20/h5-12H,3-4,13-16H2,1-2H3,(H,23,29). The fourth-order valence-corrected chi connectivity index (χ4v) is 5.28. The summed E-state index contributed by atoms with van der Waals surface area (Å²) in [4.78, 5) is 4.54. The van der Waals surface area contributed by atoms with E-state index in [9.17, 15) is 8.42 Å². The lowest BCUT2D eigenvalue weighted by molar-refractivity contribution is 0.268. The van der Waals surface area contributed by atoms with Gasteiger partial charge in [-0.25, -0.2) is 8.42 Å². The van der Waals surface area contributed by atoms with Gasteiger partial charge in [0.05, 0.1) is 4.90 Å². The van der Waals surface area contributed by atoms with E-state index in [1.165, 1.54) is 22.1 Å². The number of hydrogen-bond acceptors (Lipinski definition) is 4. The Bertz CT molecular complexity index is 954. The average Bonchev–Trinajstić information content (AvgIpc) is 2.76. The Morgan fingerprint density at radius 1 is 1.00 bits per heavy atom. The van der Waals surface area contributed by atoms with E-state index in [-0.39, 0.29) is 4.90 Å². The van der Waals surface area contributed by atoms with Crippen LogP contribution in [0.4, 0.5) is 11.4 Å². The summed E-state index contributed by atoms with van der Waals surface area (Å²) in [6.45, 7) is 8.04. The molecule has 0 saturated carbocycles. The minimum Gasteiger partial charge on any atom is -0.372 e. The van der Waals surface area contributed by atoms with Crippen LogP contribution in [-0.2, 0) is 10.0 Å². The van der Waals surface area contributed by atoms with Gasteiger partial charge in [0.1, 0.15) is 0 Å². The van der Waals surface area contributed by atoms with Crippen LogP contribution in [0.1, 0.15) is 13.8 Å². The molecule has 1 fully saturated rings. The van der Waals surface area contributed by atoms with Crippen LogP contribution >= 0.6 is 23.8 Å². The maximum Gasteiger partial charge on any atom is 0.243 e. The normalized spacial score (nSPS) is 15.1. The Hall–Kier alpha value is -1.87. The van der Waals surface area contributed by atoms with Gasteiger partial charge in [-0.3, -0.25) is 0 Å². The van der Waals surface area contributed by atoms with Crippen molar-refractivity contribution in [3.63, 3.8) is 0 Å². The molecule has 1 heterocycles. The third-order valence-electron chi connectivity index (χ3n) is 5.22. The summed E-state index contributed by atoms with van der Waals surface area (Å²) in [5.74, 6) is 0. The van der Waals surface area contributed by atoms with E-state index in [1.54, 1.807) is 12.1 Å². The molecular weight excluding hydrogens is 440 g/mol. The van der Waals surface area contributed by atoms with Gasteiger partial charge in [0.15, 0.2) is 5.11 Å². The highest BCUT2D eigenvalue weighted by atomic mass is 35.5. The molecule has 2 aromatic rings. The first kappa shape index (κ1) is 22.8. The second-order valence-electron chi connectivity index (χ2n) is 6.99. The molecule has 0 amide bonds. The molecule has 1 aliphatic heterocycles. The molecule has 9 heteroatoms. The monoisotopic (exact) mass is 466 g/mol. The third kappa shape index (κ3) is 5.24. The van der Waals surface area contributed by atoms with Gasteiger partial charge in [0.2, 0.25) is 10.0 Å². The van der Waals surface area contributed by atoms with Crippen molar-refractivity contribution >= 4 is 50.3 Å². The molecule has 0 atom stereocenters. The minimum atomic E-state index is -3.53. The first-order valence-electron chi connectivity index (χ1n) is 10.0. The van der Waals surface area contributed by atoms with Crippen molar-refractivity contribution < 1.29 is 8.42 Å². The molecule has 0 aliphatic carbocycles. The minimum absolute atomic E-state index is 0.259. The Morgan fingerprint density at radius 3 is 2.10 bits per heavy atom. The number of thiocarbonyl (C=S) groups is 1. The van der Waals surface area contributed by atoms with Crippen LogP contribution in [0, 0.1) is 0 Å². The molecule has 162 valence electrons. The number of nitrogens with zero attached hydrogens (tertiary/aromatic N) is 3. The molecule has 30 heavy (non-hydrogen) atoms. The summed E-state index contributed by atoms with van der Waals surface area (Å²) in [5, 5.41) is 4.38. The number of anilines is 2. The molecule has 3 rings (SSSR count). The molecule has 0 unspecified atom stereocenters. The summed E-state index contributed by atoms with van der Waals surface area (Å²) >= 11 is 11.4. The van der Waals surface area contributed by atoms with Crippen molar-refractivity contribution in [2.45, 2.75) is 18.7 Å². The summed E-state index contributed by atoms with van der Waals surface area (Å²) < 4.78 is 27.1. The summed E-state index contributed by atoms with van der Waals surface area (Å²) in [5.41, 5.74) is 2.10. The molecule has 0 spiro atoms. The molecule has 2 aromatic carbocycles. The van der Waals surface area contributed by atoms with Crippen LogP contribution in [-0.4, -0.2) is 62.0 Å². The van der Waals surface area contributed by atoms with Crippen LogP contribution < -0.4 is 10.2 Å². The number of nitrogens with one attached hydrogen (secondary N) is 1. The average molecular weight is 467 g/mol. The number of sulfonamides is 1. The van der Waals surface area contributed by atoms with E-state index < -0.39 is 10.0 Å². The lowest BCUT2D eigenvalue weighted by Gasteiger charge is -2.35. The maximum absolute atomic E-state index is 12.8. The first-order chi connectivity index (χ1) is 14.3. The van der Waals surface area contributed by atoms with Gasteiger partial charge in [-0.2, -0.15) is 4.31 Å². The largest absolute Gasteiger partial charge is 0.372 e.